The number of anilines is 1. The van der Waals surface area contributed by atoms with E-state index in [4.69, 9.17) is 19.4 Å². The predicted molar refractivity (Wildman–Crippen MR) is 188 cm³/mol. The quantitative estimate of drug-likeness (QED) is 0.197. The number of piperazine rings is 1. The highest BCUT2D eigenvalue weighted by Gasteiger charge is 2.33. The van der Waals surface area contributed by atoms with Crippen LogP contribution >= 0.6 is 0 Å². The molecule has 0 bridgehead atoms. The second-order valence-corrected chi connectivity index (χ2v) is 13.1. The molecule has 1 amide bonds. The van der Waals surface area contributed by atoms with Crippen molar-refractivity contribution in [3.63, 3.8) is 0 Å². The Labute approximate surface area is 285 Å². The number of amides is 1. The summed E-state index contributed by atoms with van der Waals surface area (Å²) in [5, 5.41) is 21.6. The van der Waals surface area contributed by atoms with Crippen molar-refractivity contribution in [3.05, 3.63) is 89.6 Å². The van der Waals surface area contributed by atoms with Gasteiger partial charge in [0.1, 0.15) is 30.0 Å². The smallest absolute Gasteiger partial charge is 0.407 e. The van der Waals surface area contributed by atoms with Crippen LogP contribution in [-0.2, 0) is 20.1 Å². The summed E-state index contributed by atoms with van der Waals surface area (Å²) in [6.07, 6.45) is 3.98. The van der Waals surface area contributed by atoms with Gasteiger partial charge in [-0.05, 0) is 60.5 Å². The van der Waals surface area contributed by atoms with Crippen LogP contribution in [0.2, 0.25) is 0 Å². The van der Waals surface area contributed by atoms with E-state index in [-0.39, 0.29) is 13.0 Å². The number of likely N-dealkylation sites (tertiary alicyclic amines) is 1. The van der Waals surface area contributed by atoms with Crippen LogP contribution < -0.4 is 14.4 Å². The average Bonchev–Trinajstić information content (AvgIpc) is 3.67. The first-order valence-electron chi connectivity index (χ1n) is 16.9. The summed E-state index contributed by atoms with van der Waals surface area (Å²) in [6.45, 7) is 3.06. The number of hydrogen-bond donors (Lipinski definition) is 1. The van der Waals surface area contributed by atoms with Gasteiger partial charge in [-0.3, -0.25) is 0 Å². The van der Waals surface area contributed by atoms with Crippen LogP contribution in [0.4, 0.5) is 10.6 Å². The molecule has 11 heteroatoms. The maximum atomic E-state index is 12.0. The molecule has 2 saturated heterocycles. The molecule has 5 aromatic rings. The number of benzene rings is 3. The number of hydrogen-bond acceptors (Lipinski definition) is 8. The van der Waals surface area contributed by atoms with Crippen LogP contribution in [0, 0.1) is 11.3 Å². The molecule has 0 radical (unpaired) electrons. The van der Waals surface area contributed by atoms with E-state index >= 15 is 0 Å². The zero-order valence-corrected chi connectivity index (χ0v) is 28.0. The maximum Gasteiger partial charge on any atom is 0.407 e. The van der Waals surface area contributed by atoms with Crippen LogP contribution in [-0.4, -0.2) is 87.5 Å². The van der Waals surface area contributed by atoms with E-state index in [0.29, 0.717) is 50.6 Å². The fourth-order valence-electron chi connectivity index (χ4n) is 7.22. The minimum Gasteiger partial charge on any atom is -0.489 e. The number of nitrogens with zero attached hydrogens (tertiary/aromatic N) is 7. The summed E-state index contributed by atoms with van der Waals surface area (Å²) in [5.41, 5.74) is 4.88. The minimum absolute atomic E-state index is 0.0997. The molecule has 1 N–H and O–H groups in total. The molecule has 2 fully saturated rings. The van der Waals surface area contributed by atoms with Gasteiger partial charge in [-0.1, -0.05) is 54.6 Å². The first-order chi connectivity index (χ1) is 23.9. The fourth-order valence-corrected chi connectivity index (χ4v) is 7.22. The van der Waals surface area contributed by atoms with Crippen LogP contribution in [0.3, 0.4) is 0 Å². The summed E-state index contributed by atoms with van der Waals surface area (Å²) in [5.74, 6) is 1.49. The van der Waals surface area contributed by atoms with Crippen molar-refractivity contribution in [1.29, 1.82) is 5.26 Å². The number of aromatic nitrogens is 3. The Balaban J connectivity index is 1.27. The molecule has 11 nitrogen and oxygen atoms in total. The highest BCUT2D eigenvalue weighted by atomic mass is 16.5. The molecule has 0 aliphatic carbocycles. The number of likely N-dealkylation sites (N-methyl/N-ethyl adjacent to an activating group) is 1. The van der Waals surface area contributed by atoms with Gasteiger partial charge >= 0.3 is 12.1 Å². The topological polar surface area (TPSA) is 120 Å². The van der Waals surface area contributed by atoms with Gasteiger partial charge in [0.2, 0.25) is 0 Å². The Bertz CT molecular complexity index is 2010. The van der Waals surface area contributed by atoms with Crippen molar-refractivity contribution in [2.45, 2.75) is 44.4 Å². The van der Waals surface area contributed by atoms with Gasteiger partial charge < -0.3 is 33.8 Å². The molecule has 2 atom stereocenters. The van der Waals surface area contributed by atoms with Crippen molar-refractivity contribution >= 4 is 33.7 Å². The molecular formula is C38H41N7O4. The Morgan fingerprint density at radius 2 is 1.80 bits per heavy atom. The van der Waals surface area contributed by atoms with Gasteiger partial charge in [0.15, 0.2) is 5.82 Å². The van der Waals surface area contributed by atoms with E-state index in [1.54, 1.807) is 0 Å². The molecule has 2 unspecified atom stereocenters. The predicted octanol–water partition coefficient (Wildman–Crippen LogP) is 5.85. The molecule has 252 valence electrons. The largest absolute Gasteiger partial charge is 0.489 e. The maximum absolute atomic E-state index is 12.0. The Kier molecular flexibility index (Phi) is 9.22. The molecule has 7 rings (SSSR count). The number of ether oxygens (including phenoxy) is 2. The fraction of sp³-hybridized carbons (Fsp3) is 0.368. The average molecular weight is 660 g/mol. The zero-order chi connectivity index (χ0) is 33.9. The molecule has 0 saturated carbocycles. The molecule has 49 heavy (non-hydrogen) atoms. The lowest BCUT2D eigenvalue weighted by Gasteiger charge is -2.39. The molecule has 4 heterocycles. The van der Waals surface area contributed by atoms with Crippen LogP contribution in [0.5, 0.6) is 11.8 Å². The second-order valence-electron chi connectivity index (χ2n) is 13.1. The lowest BCUT2D eigenvalue weighted by molar-refractivity contribution is 0.119. The van der Waals surface area contributed by atoms with Crippen LogP contribution in [0.15, 0.2) is 72.9 Å². The van der Waals surface area contributed by atoms with Crippen molar-refractivity contribution in [2.24, 2.45) is 7.05 Å². The van der Waals surface area contributed by atoms with Gasteiger partial charge in [-0.15, -0.1) is 0 Å². The normalized spacial score (nSPS) is 18.2. The van der Waals surface area contributed by atoms with Crippen molar-refractivity contribution in [2.75, 3.05) is 44.7 Å². The third-order valence-electron chi connectivity index (χ3n) is 9.83. The van der Waals surface area contributed by atoms with Crippen LogP contribution in [0.25, 0.3) is 21.8 Å². The second kappa shape index (κ2) is 14.0. The molecular weight excluding hydrogens is 618 g/mol. The molecule has 2 aliphatic rings. The summed E-state index contributed by atoms with van der Waals surface area (Å²) >= 11 is 0. The Hall–Kier alpha value is -5.34. The zero-order valence-electron chi connectivity index (χ0n) is 28.0. The number of aryl methyl sites for hydroxylation is 1. The van der Waals surface area contributed by atoms with E-state index in [1.165, 1.54) is 4.90 Å². The van der Waals surface area contributed by atoms with E-state index in [2.05, 4.69) is 76.1 Å². The van der Waals surface area contributed by atoms with Crippen molar-refractivity contribution in [1.82, 2.24) is 24.3 Å². The molecule has 0 spiro atoms. The van der Waals surface area contributed by atoms with E-state index in [9.17, 15) is 15.2 Å². The summed E-state index contributed by atoms with van der Waals surface area (Å²) in [4.78, 5) is 27.7. The van der Waals surface area contributed by atoms with Crippen molar-refractivity contribution in [3.8, 4) is 17.8 Å². The highest BCUT2D eigenvalue weighted by molar-refractivity contribution is 5.92. The van der Waals surface area contributed by atoms with Gasteiger partial charge in [0, 0.05) is 50.9 Å². The Morgan fingerprint density at radius 1 is 0.980 bits per heavy atom. The van der Waals surface area contributed by atoms with Gasteiger partial charge in [0.05, 0.1) is 18.5 Å². The highest BCUT2D eigenvalue weighted by Crippen LogP contribution is 2.35. The SMILES string of the molecule is CN1CCCC1COc1nc(N2CCN(C(=O)O)C(CC#N)C2)c2c(n1)c(Cc1cc(OCc3ccccc3)cc3ccccc13)cn2C. The number of carbonyl (C=O) groups is 1. The lowest BCUT2D eigenvalue weighted by atomic mass is 9.98. The molecule has 2 aromatic heterocycles. The summed E-state index contributed by atoms with van der Waals surface area (Å²) in [7, 11) is 4.11. The number of fused-ring (bicyclic) bond motifs is 2. The lowest BCUT2D eigenvalue weighted by Crippen LogP contribution is -2.55. The summed E-state index contributed by atoms with van der Waals surface area (Å²) in [6, 6.07) is 25.0. The number of carboxylic acid groups (broad SMARTS) is 1. The molecule has 2 aliphatic heterocycles. The number of rotatable bonds is 10. The van der Waals surface area contributed by atoms with E-state index in [0.717, 1.165) is 63.6 Å². The molecule has 3 aromatic carbocycles. The van der Waals surface area contributed by atoms with E-state index < -0.39 is 12.1 Å². The standard InChI is InChI=1S/C38H41N7O4/c1-42-16-8-12-31(42)25-49-37-40-34-29(22-43(2)35(34)36(41-37)44-17-18-45(38(46)47)30(23-44)14-15-39)19-28-21-32(20-27-11-6-7-13-33(27)28)48-24-26-9-4-3-5-10-26/h3-7,9-11,13,20-22,30-31H,8,12,14,16-19,23-25H2,1-2H3,(H,46,47). The van der Waals surface area contributed by atoms with Crippen LogP contribution in [0.1, 0.15) is 36.0 Å². The first kappa shape index (κ1) is 32.2. The number of nitriles is 1. The third kappa shape index (κ3) is 6.82. The van der Waals surface area contributed by atoms with E-state index in [1.807, 2.05) is 31.3 Å². The minimum atomic E-state index is -1.01. The Morgan fingerprint density at radius 3 is 2.57 bits per heavy atom. The first-order valence-corrected chi connectivity index (χ1v) is 16.9. The van der Waals surface area contributed by atoms with Gasteiger partial charge in [-0.2, -0.15) is 15.2 Å². The third-order valence-corrected chi connectivity index (χ3v) is 9.83. The van der Waals surface area contributed by atoms with Gasteiger partial charge in [-0.25, -0.2) is 4.79 Å². The van der Waals surface area contributed by atoms with Crippen molar-refractivity contribution < 1.29 is 19.4 Å². The van der Waals surface area contributed by atoms with Gasteiger partial charge in [0.25, 0.3) is 0 Å². The monoisotopic (exact) mass is 659 g/mol. The summed E-state index contributed by atoms with van der Waals surface area (Å²) < 4.78 is 14.7.